The molecular formula is C18H16F2N2O. The van der Waals surface area contributed by atoms with E-state index in [2.05, 4.69) is 5.32 Å². The van der Waals surface area contributed by atoms with E-state index in [9.17, 15) is 13.6 Å². The van der Waals surface area contributed by atoms with Crippen LogP contribution in [0.15, 0.2) is 48.7 Å². The highest BCUT2D eigenvalue weighted by Crippen LogP contribution is 2.20. The summed E-state index contributed by atoms with van der Waals surface area (Å²) in [4.78, 5) is 12.0. The van der Waals surface area contributed by atoms with Crippen molar-refractivity contribution in [3.8, 4) is 0 Å². The average molecular weight is 314 g/mol. The Morgan fingerprint density at radius 3 is 2.70 bits per heavy atom. The first-order valence-corrected chi connectivity index (χ1v) is 7.32. The number of carbonyl (C=O) groups is 1. The second-order valence-electron chi connectivity index (χ2n) is 5.42. The Morgan fingerprint density at radius 2 is 1.91 bits per heavy atom. The first kappa shape index (κ1) is 15.2. The van der Waals surface area contributed by atoms with Crippen LogP contribution in [0.4, 0.5) is 8.78 Å². The van der Waals surface area contributed by atoms with Gasteiger partial charge in [-0.2, -0.15) is 0 Å². The normalized spacial score (nSPS) is 10.9. The number of carbonyl (C=O) groups excluding carboxylic acids is 1. The summed E-state index contributed by atoms with van der Waals surface area (Å²) in [5.41, 5.74) is 2.38. The van der Waals surface area contributed by atoms with Crippen molar-refractivity contribution in [2.45, 2.75) is 6.42 Å². The number of nitrogens with one attached hydrogen (secondary N) is 1. The molecule has 0 saturated carbocycles. The number of aromatic nitrogens is 1. The van der Waals surface area contributed by atoms with Crippen molar-refractivity contribution in [2.24, 2.45) is 7.05 Å². The summed E-state index contributed by atoms with van der Waals surface area (Å²) in [7, 11) is 1.98. The summed E-state index contributed by atoms with van der Waals surface area (Å²) in [6.07, 6.45) is 2.70. The third kappa shape index (κ3) is 3.08. The lowest BCUT2D eigenvalue weighted by Crippen LogP contribution is -2.25. The van der Waals surface area contributed by atoms with E-state index in [0.717, 1.165) is 28.6 Å². The van der Waals surface area contributed by atoms with Gasteiger partial charge in [0.05, 0.1) is 0 Å². The Morgan fingerprint density at radius 1 is 1.13 bits per heavy atom. The molecule has 0 bridgehead atoms. The molecule has 0 aliphatic carbocycles. The quantitative estimate of drug-likeness (QED) is 0.786. The summed E-state index contributed by atoms with van der Waals surface area (Å²) in [6.45, 7) is 0.422. The summed E-state index contributed by atoms with van der Waals surface area (Å²) in [5.74, 6) is -2.40. The monoisotopic (exact) mass is 314 g/mol. The van der Waals surface area contributed by atoms with Crippen LogP contribution >= 0.6 is 0 Å². The molecule has 1 aromatic heterocycles. The summed E-state index contributed by atoms with van der Waals surface area (Å²) >= 11 is 0. The van der Waals surface area contributed by atoms with E-state index in [0.29, 0.717) is 13.0 Å². The van der Waals surface area contributed by atoms with Crippen LogP contribution in [-0.4, -0.2) is 17.0 Å². The van der Waals surface area contributed by atoms with Gasteiger partial charge in [0.2, 0.25) is 0 Å². The van der Waals surface area contributed by atoms with Gasteiger partial charge in [-0.25, -0.2) is 8.78 Å². The van der Waals surface area contributed by atoms with E-state index in [4.69, 9.17) is 0 Å². The predicted molar refractivity (Wildman–Crippen MR) is 85.3 cm³/mol. The molecule has 0 aliphatic heterocycles. The van der Waals surface area contributed by atoms with E-state index in [1.807, 2.05) is 42.1 Å². The predicted octanol–water partition coefficient (Wildman–Crippen LogP) is 3.43. The topological polar surface area (TPSA) is 34.0 Å². The second kappa shape index (κ2) is 6.20. The molecule has 0 atom stereocenters. The van der Waals surface area contributed by atoms with Crippen LogP contribution in [0.5, 0.6) is 0 Å². The SMILES string of the molecule is Cn1cc(CCNC(=O)c2ccc(F)c(F)c2)c2ccccc21. The highest BCUT2D eigenvalue weighted by molar-refractivity contribution is 5.94. The molecule has 0 saturated heterocycles. The maximum absolute atomic E-state index is 13.1. The number of amides is 1. The maximum atomic E-state index is 13.1. The molecule has 0 spiro atoms. The minimum absolute atomic E-state index is 0.113. The molecule has 23 heavy (non-hydrogen) atoms. The number of fused-ring (bicyclic) bond motifs is 1. The molecule has 118 valence electrons. The molecule has 0 aliphatic rings. The van der Waals surface area contributed by atoms with Gasteiger partial charge in [-0.05, 0) is 36.2 Å². The second-order valence-corrected chi connectivity index (χ2v) is 5.42. The van der Waals surface area contributed by atoms with Crippen molar-refractivity contribution in [1.29, 1.82) is 0 Å². The summed E-state index contributed by atoms with van der Waals surface area (Å²) in [6, 6.07) is 11.2. The van der Waals surface area contributed by atoms with Crippen LogP contribution in [0.2, 0.25) is 0 Å². The Hall–Kier alpha value is -2.69. The smallest absolute Gasteiger partial charge is 0.251 e. The van der Waals surface area contributed by atoms with Crippen LogP contribution in [0.25, 0.3) is 10.9 Å². The van der Waals surface area contributed by atoms with E-state index in [1.165, 1.54) is 6.07 Å². The number of aryl methyl sites for hydroxylation is 1. The molecule has 0 radical (unpaired) electrons. The molecule has 1 amide bonds. The van der Waals surface area contributed by atoms with Crippen molar-refractivity contribution >= 4 is 16.8 Å². The fourth-order valence-corrected chi connectivity index (χ4v) is 2.67. The summed E-state index contributed by atoms with van der Waals surface area (Å²) in [5, 5.41) is 3.88. The molecule has 2 aromatic carbocycles. The molecule has 0 fully saturated rings. The Labute approximate surface area is 132 Å². The number of rotatable bonds is 4. The average Bonchev–Trinajstić information content (AvgIpc) is 2.87. The fourth-order valence-electron chi connectivity index (χ4n) is 2.67. The van der Waals surface area contributed by atoms with Gasteiger partial charge in [0.1, 0.15) is 0 Å². The van der Waals surface area contributed by atoms with Gasteiger partial charge in [0.25, 0.3) is 5.91 Å². The van der Waals surface area contributed by atoms with Crippen LogP contribution < -0.4 is 5.32 Å². The highest BCUT2D eigenvalue weighted by Gasteiger charge is 2.10. The number of para-hydroxylation sites is 1. The van der Waals surface area contributed by atoms with Crippen LogP contribution in [-0.2, 0) is 13.5 Å². The zero-order valence-corrected chi connectivity index (χ0v) is 12.6. The van der Waals surface area contributed by atoms with Crippen LogP contribution in [0.1, 0.15) is 15.9 Å². The molecule has 0 unspecified atom stereocenters. The van der Waals surface area contributed by atoms with Crippen LogP contribution in [0, 0.1) is 11.6 Å². The molecule has 3 aromatic rings. The third-order valence-corrected chi connectivity index (χ3v) is 3.84. The molecule has 3 rings (SSSR count). The first-order chi connectivity index (χ1) is 11.1. The molecular weight excluding hydrogens is 298 g/mol. The lowest BCUT2D eigenvalue weighted by Gasteiger charge is -2.05. The van der Waals surface area contributed by atoms with Crippen molar-refractivity contribution < 1.29 is 13.6 Å². The Balaban J connectivity index is 1.66. The van der Waals surface area contributed by atoms with Crippen molar-refractivity contribution in [3.63, 3.8) is 0 Å². The molecule has 5 heteroatoms. The van der Waals surface area contributed by atoms with Crippen molar-refractivity contribution in [1.82, 2.24) is 9.88 Å². The van der Waals surface area contributed by atoms with Crippen molar-refractivity contribution in [3.05, 3.63) is 71.4 Å². The van der Waals surface area contributed by atoms with E-state index in [1.54, 1.807) is 0 Å². The lowest BCUT2D eigenvalue weighted by atomic mass is 10.1. The summed E-state index contributed by atoms with van der Waals surface area (Å²) < 4.78 is 28.1. The van der Waals surface area contributed by atoms with Gasteiger partial charge < -0.3 is 9.88 Å². The standard InChI is InChI=1S/C18H16F2N2O/c1-22-11-13(14-4-2-3-5-17(14)22)8-9-21-18(23)12-6-7-15(19)16(20)10-12/h2-7,10-11H,8-9H2,1H3,(H,21,23). The zero-order chi connectivity index (χ0) is 16.4. The molecule has 1 heterocycles. The minimum atomic E-state index is -1.02. The Kier molecular flexibility index (Phi) is 4.10. The van der Waals surface area contributed by atoms with E-state index in [-0.39, 0.29) is 5.56 Å². The highest BCUT2D eigenvalue weighted by atomic mass is 19.2. The number of benzene rings is 2. The lowest BCUT2D eigenvalue weighted by molar-refractivity contribution is 0.0953. The van der Waals surface area contributed by atoms with E-state index < -0.39 is 17.5 Å². The number of hydrogen-bond acceptors (Lipinski definition) is 1. The number of nitrogens with zero attached hydrogens (tertiary/aromatic N) is 1. The number of halogens is 2. The van der Waals surface area contributed by atoms with Gasteiger partial charge in [-0.15, -0.1) is 0 Å². The first-order valence-electron chi connectivity index (χ1n) is 7.32. The third-order valence-electron chi connectivity index (χ3n) is 3.84. The fraction of sp³-hybridized carbons (Fsp3) is 0.167. The number of hydrogen-bond donors (Lipinski definition) is 1. The zero-order valence-electron chi connectivity index (χ0n) is 12.6. The van der Waals surface area contributed by atoms with E-state index >= 15 is 0 Å². The van der Waals surface area contributed by atoms with Crippen LogP contribution in [0.3, 0.4) is 0 Å². The van der Waals surface area contributed by atoms with Gasteiger partial charge in [0, 0.05) is 36.3 Å². The van der Waals surface area contributed by atoms with Gasteiger partial charge in [0.15, 0.2) is 11.6 Å². The maximum Gasteiger partial charge on any atom is 0.251 e. The molecule has 1 N–H and O–H groups in total. The largest absolute Gasteiger partial charge is 0.352 e. The van der Waals surface area contributed by atoms with Gasteiger partial charge in [-0.3, -0.25) is 4.79 Å². The molecule has 3 nitrogen and oxygen atoms in total. The van der Waals surface area contributed by atoms with Crippen molar-refractivity contribution in [2.75, 3.05) is 6.54 Å². The van der Waals surface area contributed by atoms with Gasteiger partial charge in [-0.1, -0.05) is 18.2 Å². The Bertz CT molecular complexity index is 871. The minimum Gasteiger partial charge on any atom is -0.352 e. The van der Waals surface area contributed by atoms with Gasteiger partial charge >= 0.3 is 0 Å².